The summed E-state index contributed by atoms with van der Waals surface area (Å²) in [5, 5.41) is 0. The third kappa shape index (κ3) is 2.07. The van der Waals surface area contributed by atoms with E-state index in [4.69, 9.17) is 15.2 Å². The summed E-state index contributed by atoms with van der Waals surface area (Å²) < 4.78 is 10.7. The number of hydrogen-bond acceptors (Lipinski definition) is 3. The molecule has 0 spiro atoms. The first-order valence-corrected chi connectivity index (χ1v) is 5.32. The fourth-order valence-corrected chi connectivity index (χ4v) is 1.88. The zero-order valence-electron chi connectivity index (χ0n) is 9.19. The van der Waals surface area contributed by atoms with Crippen LogP contribution in [0.4, 0.5) is 0 Å². The Morgan fingerprint density at radius 3 is 2.87 bits per heavy atom. The summed E-state index contributed by atoms with van der Waals surface area (Å²) in [5.41, 5.74) is 7.19. The minimum Gasteiger partial charge on any atom is -0.454 e. The Bertz CT molecular complexity index is 349. The molecule has 0 saturated heterocycles. The molecule has 0 amide bonds. The number of fused-ring (bicyclic) bond motifs is 1. The summed E-state index contributed by atoms with van der Waals surface area (Å²) in [6.45, 7) is 4.64. The van der Waals surface area contributed by atoms with Crippen molar-refractivity contribution in [3.05, 3.63) is 23.8 Å². The van der Waals surface area contributed by atoms with E-state index < -0.39 is 0 Å². The second-order valence-electron chi connectivity index (χ2n) is 4.32. The molecule has 0 radical (unpaired) electrons. The topological polar surface area (TPSA) is 44.5 Å². The number of nitrogens with two attached hydrogens (primary N) is 1. The summed E-state index contributed by atoms with van der Waals surface area (Å²) >= 11 is 0. The third-order valence-corrected chi connectivity index (χ3v) is 2.55. The van der Waals surface area contributed by atoms with E-state index in [2.05, 4.69) is 13.8 Å². The van der Waals surface area contributed by atoms with Crippen LogP contribution in [0.25, 0.3) is 0 Å². The van der Waals surface area contributed by atoms with Crippen molar-refractivity contribution in [2.45, 2.75) is 26.3 Å². The van der Waals surface area contributed by atoms with E-state index in [0.717, 1.165) is 23.5 Å². The first kappa shape index (κ1) is 10.3. The van der Waals surface area contributed by atoms with Crippen LogP contribution in [0.5, 0.6) is 11.5 Å². The first-order chi connectivity index (χ1) is 7.18. The van der Waals surface area contributed by atoms with Gasteiger partial charge in [-0.3, -0.25) is 0 Å². The Labute approximate surface area is 90.2 Å². The smallest absolute Gasteiger partial charge is 0.231 e. The molecule has 1 aromatic carbocycles. The Morgan fingerprint density at radius 1 is 1.33 bits per heavy atom. The molecule has 1 aliphatic heterocycles. The van der Waals surface area contributed by atoms with Gasteiger partial charge < -0.3 is 15.2 Å². The lowest BCUT2D eigenvalue weighted by atomic mass is 9.97. The quantitative estimate of drug-likeness (QED) is 0.828. The Kier molecular flexibility index (Phi) is 2.82. The largest absolute Gasteiger partial charge is 0.454 e. The van der Waals surface area contributed by atoms with Crippen LogP contribution >= 0.6 is 0 Å². The summed E-state index contributed by atoms with van der Waals surface area (Å²) in [6.07, 6.45) is 0.958. The predicted octanol–water partition coefficient (Wildman–Crippen LogP) is 2.46. The van der Waals surface area contributed by atoms with Crippen LogP contribution in [0.3, 0.4) is 0 Å². The van der Waals surface area contributed by atoms with Crippen LogP contribution in [0, 0.1) is 5.92 Å². The van der Waals surface area contributed by atoms with Crippen molar-refractivity contribution in [1.29, 1.82) is 0 Å². The number of benzene rings is 1. The molecule has 0 aromatic heterocycles. The molecule has 0 saturated carbocycles. The molecule has 1 aromatic rings. The van der Waals surface area contributed by atoms with Crippen LogP contribution in [0.2, 0.25) is 0 Å². The minimum atomic E-state index is 0.0293. The lowest BCUT2D eigenvalue weighted by Gasteiger charge is -2.16. The fraction of sp³-hybridized carbons (Fsp3) is 0.500. The highest BCUT2D eigenvalue weighted by atomic mass is 16.7. The molecule has 0 aliphatic carbocycles. The standard InChI is InChI=1S/C12H17NO2/c1-8(2)6-10(13)9-4-3-5-11-12(9)15-7-14-11/h3-5,8,10H,6-7,13H2,1-2H3/t10-/m1/s1. The van der Waals surface area contributed by atoms with Crippen LogP contribution in [0.1, 0.15) is 31.9 Å². The SMILES string of the molecule is CC(C)C[C@@H](N)c1cccc2c1OCO2. The van der Waals surface area contributed by atoms with Gasteiger partial charge in [-0.1, -0.05) is 26.0 Å². The molecule has 82 valence electrons. The van der Waals surface area contributed by atoms with E-state index in [1.165, 1.54) is 0 Å². The van der Waals surface area contributed by atoms with E-state index in [1.807, 2.05) is 18.2 Å². The van der Waals surface area contributed by atoms with Gasteiger partial charge in [-0.2, -0.15) is 0 Å². The van der Waals surface area contributed by atoms with Gasteiger partial charge in [0.05, 0.1) is 0 Å². The van der Waals surface area contributed by atoms with Crippen molar-refractivity contribution in [3.8, 4) is 11.5 Å². The molecule has 0 fully saturated rings. The highest BCUT2D eigenvalue weighted by Crippen LogP contribution is 2.39. The van der Waals surface area contributed by atoms with Gasteiger partial charge in [0.2, 0.25) is 6.79 Å². The van der Waals surface area contributed by atoms with E-state index in [-0.39, 0.29) is 6.04 Å². The number of hydrogen-bond donors (Lipinski definition) is 1. The van der Waals surface area contributed by atoms with E-state index in [9.17, 15) is 0 Å². The number of rotatable bonds is 3. The van der Waals surface area contributed by atoms with Crippen molar-refractivity contribution < 1.29 is 9.47 Å². The Hall–Kier alpha value is -1.22. The average Bonchev–Trinajstić information content (AvgIpc) is 2.63. The lowest BCUT2D eigenvalue weighted by Crippen LogP contribution is -2.13. The minimum absolute atomic E-state index is 0.0293. The molecule has 15 heavy (non-hydrogen) atoms. The van der Waals surface area contributed by atoms with E-state index in [0.29, 0.717) is 12.7 Å². The molecular weight excluding hydrogens is 190 g/mol. The predicted molar refractivity (Wildman–Crippen MR) is 58.9 cm³/mol. The molecule has 2 N–H and O–H groups in total. The zero-order valence-corrected chi connectivity index (χ0v) is 9.19. The number of para-hydroxylation sites is 1. The molecule has 3 nitrogen and oxygen atoms in total. The summed E-state index contributed by atoms with van der Waals surface area (Å²) in [6, 6.07) is 5.92. The van der Waals surface area contributed by atoms with Gasteiger partial charge in [-0.15, -0.1) is 0 Å². The van der Waals surface area contributed by atoms with Crippen molar-refractivity contribution >= 4 is 0 Å². The van der Waals surface area contributed by atoms with Crippen LogP contribution in [0.15, 0.2) is 18.2 Å². The van der Waals surface area contributed by atoms with Crippen LogP contribution in [-0.2, 0) is 0 Å². The van der Waals surface area contributed by atoms with Gasteiger partial charge in [0, 0.05) is 11.6 Å². The number of ether oxygens (including phenoxy) is 2. The fourth-order valence-electron chi connectivity index (χ4n) is 1.88. The maximum absolute atomic E-state index is 6.13. The highest BCUT2D eigenvalue weighted by Gasteiger charge is 2.21. The first-order valence-electron chi connectivity index (χ1n) is 5.32. The van der Waals surface area contributed by atoms with Crippen molar-refractivity contribution in [3.63, 3.8) is 0 Å². The molecule has 0 unspecified atom stereocenters. The summed E-state index contributed by atoms with van der Waals surface area (Å²) in [5.74, 6) is 2.22. The summed E-state index contributed by atoms with van der Waals surface area (Å²) in [7, 11) is 0. The van der Waals surface area contributed by atoms with E-state index in [1.54, 1.807) is 0 Å². The van der Waals surface area contributed by atoms with E-state index >= 15 is 0 Å². The normalized spacial score (nSPS) is 15.7. The monoisotopic (exact) mass is 207 g/mol. The van der Waals surface area contributed by atoms with Crippen molar-refractivity contribution in [1.82, 2.24) is 0 Å². The van der Waals surface area contributed by atoms with Gasteiger partial charge in [0.15, 0.2) is 11.5 Å². The second-order valence-corrected chi connectivity index (χ2v) is 4.32. The van der Waals surface area contributed by atoms with Crippen LogP contribution in [-0.4, -0.2) is 6.79 Å². The van der Waals surface area contributed by atoms with Crippen LogP contribution < -0.4 is 15.2 Å². The molecule has 1 aliphatic rings. The van der Waals surface area contributed by atoms with Gasteiger partial charge in [-0.25, -0.2) is 0 Å². The third-order valence-electron chi connectivity index (χ3n) is 2.55. The molecular formula is C12H17NO2. The van der Waals surface area contributed by atoms with Gasteiger partial charge in [-0.05, 0) is 18.4 Å². The average molecular weight is 207 g/mol. The molecule has 3 heteroatoms. The maximum atomic E-state index is 6.13. The molecule has 1 atom stereocenters. The van der Waals surface area contributed by atoms with Gasteiger partial charge >= 0.3 is 0 Å². The van der Waals surface area contributed by atoms with Gasteiger partial charge in [0.1, 0.15) is 0 Å². The molecule has 0 bridgehead atoms. The lowest BCUT2D eigenvalue weighted by molar-refractivity contribution is 0.173. The van der Waals surface area contributed by atoms with Gasteiger partial charge in [0.25, 0.3) is 0 Å². The Balaban J connectivity index is 2.24. The van der Waals surface area contributed by atoms with Crippen molar-refractivity contribution in [2.75, 3.05) is 6.79 Å². The second kappa shape index (κ2) is 4.11. The summed E-state index contributed by atoms with van der Waals surface area (Å²) in [4.78, 5) is 0. The molecule has 1 heterocycles. The Morgan fingerprint density at radius 2 is 2.13 bits per heavy atom. The maximum Gasteiger partial charge on any atom is 0.231 e. The van der Waals surface area contributed by atoms with Crippen molar-refractivity contribution in [2.24, 2.45) is 11.7 Å². The highest BCUT2D eigenvalue weighted by molar-refractivity contribution is 5.49. The molecule has 2 rings (SSSR count). The zero-order chi connectivity index (χ0) is 10.8.